The van der Waals surface area contributed by atoms with Gasteiger partial charge in [-0.1, -0.05) is 49.4 Å². The normalized spacial score (nSPS) is 13.6. The predicted molar refractivity (Wildman–Crippen MR) is 77.0 cm³/mol. The fourth-order valence-corrected chi connectivity index (χ4v) is 2.32. The Labute approximate surface area is 115 Å². The Morgan fingerprint density at radius 3 is 2.21 bits per heavy atom. The molecule has 19 heavy (non-hydrogen) atoms. The summed E-state index contributed by atoms with van der Waals surface area (Å²) in [7, 11) is 0. The lowest BCUT2D eigenvalue weighted by atomic mass is 9.65. The van der Waals surface area contributed by atoms with Crippen LogP contribution in [0.3, 0.4) is 0 Å². The molecule has 0 saturated carbocycles. The van der Waals surface area contributed by atoms with Crippen molar-refractivity contribution in [1.82, 2.24) is 0 Å². The summed E-state index contributed by atoms with van der Waals surface area (Å²) in [5, 5.41) is 19.2. The molecular weight excluding hydrogens is 232 g/mol. The maximum absolute atomic E-state index is 9.58. The highest BCUT2D eigenvalue weighted by Crippen LogP contribution is 2.44. The smallest absolute Gasteiger partial charge is 0.156 e. The highest BCUT2D eigenvalue weighted by molar-refractivity contribution is 5.33. The first kappa shape index (κ1) is 14.7. The fraction of sp³-hybridized carbons (Fsp3) is 0.294. The number of allylic oxidation sites excluding steroid dienone is 2. The molecule has 1 aromatic rings. The van der Waals surface area contributed by atoms with Crippen molar-refractivity contribution in [2.45, 2.75) is 19.3 Å². The van der Waals surface area contributed by atoms with E-state index in [2.05, 4.69) is 25.3 Å². The van der Waals surface area contributed by atoms with E-state index in [-0.39, 0.29) is 11.8 Å². The molecule has 2 atom stereocenters. The molecule has 0 saturated heterocycles. The van der Waals surface area contributed by atoms with Crippen molar-refractivity contribution in [3.63, 3.8) is 0 Å². The zero-order valence-corrected chi connectivity index (χ0v) is 11.2. The van der Waals surface area contributed by atoms with Crippen LogP contribution in [0.25, 0.3) is 0 Å². The number of hydrogen-bond donors (Lipinski definition) is 0. The quantitative estimate of drug-likeness (QED) is 0.710. The molecule has 0 heterocycles. The number of hydrogen-bond acceptors (Lipinski definition) is 2. The molecule has 0 bridgehead atoms. The van der Waals surface area contributed by atoms with E-state index >= 15 is 0 Å². The van der Waals surface area contributed by atoms with E-state index < -0.39 is 5.41 Å². The molecule has 1 rings (SSSR count). The van der Waals surface area contributed by atoms with Crippen LogP contribution in [0.2, 0.25) is 0 Å². The summed E-state index contributed by atoms with van der Waals surface area (Å²) in [6, 6.07) is 14.1. The van der Waals surface area contributed by atoms with Crippen LogP contribution in [0.1, 0.15) is 24.8 Å². The molecule has 0 aliphatic heterocycles. The molecule has 2 heteroatoms. The van der Waals surface area contributed by atoms with Gasteiger partial charge in [-0.2, -0.15) is 10.5 Å². The van der Waals surface area contributed by atoms with E-state index in [1.807, 2.05) is 37.3 Å². The number of rotatable bonds is 6. The maximum Gasteiger partial charge on any atom is 0.156 e. The summed E-state index contributed by atoms with van der Waals surface area (Å²) in [6.07, 6.45) is 4.02. The van der Waals surface area contributed by atoms with Gasteiger partial charge >= 0.3 is 0 Å². The molecule has 2 unspecified atom stereocenters. The van der Waals surface area contributed by atoms with E-state index in [0.717, 1.165) is 5.56 Å². The van der Waals surface area contributed by atoms with Gasteiger partial charge in [-0.05, 0) is 12.0 Å². The van der Waals surface area contributed by atoms with Crippen LogP contribution in [0, 0.1) is 34.0 Å². The lowest BCUT2D eigenvalue weighted by Crippen LogP contribution is -2.32. The minimum absolute atomic E-state index is 0.200. The van der Waals surface area contributed by atoms with Crippen LogP contribution < -0.4 is 0 Å². The van der Waals surface area contributed by atoms with Gasteiger partial charge in [-0.3, -0.25) is 0 Å². The second-order valence-corrected chi connectivity index (χ2v) is 4.60. The molecular formula is C17H18N2. The molecule has 0 aliphatic carbocycles. The monoisotopic (exact) mass is 250 g/mol. The average Bonchev–Trinajstić information content (AvgIpc) is 2.48. The third-order valence-electron chi connectivity index (χ3n) is 3.60. The molecule has 0 N–H and O–H groups in total. The van der Waals surface area contributed by atoms with E-state index in [4.69, 9.17) is 0 Å². The number of benzene rings is 1. The second kappa shape index (κ2) is 6.57. The first-order chi connectivity index (χ1) is 9.16. The molecule has 96 valence electrons. The molecule has 0 amide bonds. The predicted octanol–water partition coefficient (Wildman–Crippen LogP) is 4.20. The molecule has 0 radical (unpaired) electrons. The molecule has 1 aromatic carbocycles. The Kier molecular flexibility index (Phi) is 5.10. The van der Waals surface area contributed by atoms with Crippen molar-refractivity contribution >= 4 is 0 Å². The number of nitriles is 2. The van der Waals surface area contributed by atoms with E-state index in [9.17, 15) is 10.5 Å². The van der Waals surface area contributed by atoms with Gasteiger partial charge in [-0.15, -0.1) is 13.2 Å². The van der Waals surface area contributed by atoms with Crippen LogP contribution in [-0.4, -0.2) is 0 Å². The van der Waals surface area contributed by atoms with Gasteiger partial charge in [0.05, 0.1) is 12.1 Å². The lowest BCUT2D eigenvalue weighted by molar-refractivity contribution is 0.328. The summed E-state index contributed by atoms with van der Waals surface area (Å²) in [6.45, 7) is 9.34. The Balaban J connectivity index is 3.38. The van der Waals surface area contributed by atoms with Crippen molar-refractivity contribution in [3.8, 4) is 12.1 Å². The van der Waals surface area contributed by atoms with Gasteiger partial charge in [0.25, 0.3) is 0 Å². The van der Waals surface area contributed by atoms with Crippen LogP contribution >= 0.6 is 0 Å². The maximum atomic E-state index is 9.58. The van der Waals surface area contributed by atoms with Crippen molar-refractivity contribution in [3.05, 3.63) is 61.2 Å². The van der Waals surface area contributed by atoms with E-state index in [1.165, 1.54) is 0 Å². The molecule has 0 spiro atoms. The summed E-state index contributed by atoms with van der Waals surface area (Å²) < 4.78 is 0. The highest BCUT2D eigenvalue weighted by atomic mass is 14.5. The third kappa shape index (κ3) is 2.75. The Bertz CT molecular complexity index is 502. The van der Waals surface area contributed by atoms with Crippen LogP contribution in [0.5, 0.6) is 0 Å². The Hall–Kier alpha value is -2.32. The summed E-state index contributed by atoms with van der Waals surface area (Å²) in [5.74, 6) is -0.415. The van der Waals surface area contributed by atoms with Gasteiger partial charge in [0.2, 0.25) is 0 Å². The van der Waals surface area contributed by atoms with Gasteiger partial charge in [0.1, 0.15) is 0 Å². The van der Waals surface area contributed by atoms with Crippen molar-refractivity contribution in [1.29, 1.82) is 10.5 Å². The standard InChI is InChI=1S/C17H18N2/c1-4-9-16(15-10-7-6-8-11-15)17(12-18,13-19)14(3)5-2/h4-8,10-11,14,16H,1-2,9H2,3H3. The first-order valence-corrected chi connectivity index (χ1v) is 6.27. The summed E-state index contributed by atoms with van der Waals surface area (Å²) >= 11 is 0. The van der Waals surface area contributed by atoms with Crippen LogP contribution in [0.15, 0.2) is 55.6 Å². The Morgan fingerprint density at radius 1 is 1.21 bits per heavy atom. The first-order valence-electron chi connectivity index (χ1n) is 6.27. The average molecular weight is 250 g/mol. The highest BCUT2D eigenvalue weighted by Gasteiger charge is 2.43. The second-order valence-electron chi connectivity index (χ2n) is 4.60. The van der Waals surface area contributed by atoms with E-state index in [0.29, 0.717) is 6.42 Å². The van der Waals surface area contributed by atoms with Gasteiger partial charge in [-0.25, -0.2) is 0 Å². The molecule has 0 fully saturated rings. The molecule has 2 nitrogen and oxygen atoms in total. The topological polar surface area (TPSA) is 47.6 Å². The van der Waals surface area contributed by atoms with Crippen molar-refractivity contribution < 1.29 is 0 Å². The summed E-state index contributed by atoms with van der Waals surface area (Å²) in [5.41, 5.74) is -0.128. The minimum atomic E-state index is -1.11. The lowest BCUT2D eigenvalue weighted by Gasteiger charge is -2.32. The van der Waals surface area contributed by atoms with Crippen molar-refractivity contribution in [2.24, 2.45) is 11.3 Å². The van der Waals surface area contributed by atoms with Gasteiger partial charge in [0, 0.05) is 11.8 Å². The SMILES string of the molecule is C=CCC(c1ccccc1)C(C#N)(C#N)C(C)C=C. The largest absolute Gasteiger partial charge is 0.197 e. The Morgan fingerprint density at radius 2 is 1.79 bits per heavy atom. The molecule has 0 aromatic heterocycles. The molecule has 0 aliphatic rings. The third-order valence-corrected chi connectivity index (χ3v) is 3.60. The van der Waals surface area contributed by atoms with Gasteiger partial charge < -0.3 is 0 Å². The van der Waals surface area contributed by atoms with Gasteiger partial charge in [0.15, 0.2) is 5.41 Å². The zero-order valence-electron chi connectivity index (χ0n) is 11.2. The van der Waals surface area contributed by atoms with Crippen LogP contribution in [0.4, 0.5) is 0 Å². The fourth-order valence-electron chi connectivity index (χ4n) is 2.32. The minimum Gasteiger partial charge on any atom is -0.197 e. The summed E-state index contributed by atoms with van der Waals surface area (Å²) in [4.78, 5) is 0. The van der Waals surface area contributed by atoms with Crippen LogP contribution in [-0.2, 0) is 0 Å². The van der Waals surface area contributed by atoms with Crippen molar-refractivity contribution in [2.75, 3.05) is 0 Å². The number of nitrogens with zero attached hydrogens (tertiary/aromatic N) is 2. The van der Waals surface area contributed by atoms with E-state index in [1.54, 1.807) is 12.2 Å². The zero-order chi connectivity index (χ0) is 14.3.